The van der Waals surface area contributed by atoms with Gasteiger partial charge in [0.1, 0.15) is 5.52 Å². The molecule has 160 valence electrons. The largest absolute Gasteiger partial charge is 0.334 e. The van der Waals surface area contributed by atoms with E-state index in [1.54, 1.807) is 25.2 Å². The predicted molar refractivity (Wildman–Crippen MR) is 118 cm³/mol. The van der Waals surface area contributed by atoms with Crippen LogP contribution in [0.5, 0.6) is 0 Å². The number of para-hydroxylation sites is 1. The summed E-state index contributed by atoms with van der Waals surface area (Å²) in [4.78, 5) is 12.5. The second-order valence-corrected chi connectivity index (χ2v) is 9.11. The molecule has 0 aliphatic carbocycles. The fourth-order valence-corrected chi connectivity index (χ4v) is 4.01. The van der Waals surface area contributed by atoms with Crippen LogP contribution in [0.4, 0.5) is 16.2 Å². The van der Waals surface area contributed by atoms with Gasteiger partial charge in [-0.3, -0.25) is 4.72 Å². The molecule has 0 atom stereocenters. The van der Waals surface area contributed by atoms with Crippen molar-refractivity contribution in [1.82, 2.24) is 19.7 Å². The molecule has 0 radical (unpaired) electrons. The molecule has 0 saturated heterocycles. The van der Waals surface area contributed by atoms with E-state index in [-0.39, 0.29) is 11.8 Å². The summed E-state index contributed by atoms with van der Waals surface area (Å²) in [7, 11) is -2.44. The Morgan fingerprint density at radius 1 is 1.03 bits per heavy atom. The number of hydrogen-bond donors (Lipinski definition) is 3. The molecule has 9 nitrogen and oxygen atoms in total. The fourth-order valence-electron chi connectivity index (χ4n) is 3.23. The molecule has 1 heterocycles. The molecule has 0 spiro atoms. The maximum atomic E-state index is 12.5. The number of amides is 2. The van der Waals surface area contributed by atoms with Crippen molar-refractivity contribution in [3.05, 3.63) is 47.5 Å². The summed E-state index contributed by atoms with van der Waals surface area (Å²) in [5, 5.41) is 10.6. The Balaban J connectivity index is 1.79. The molecule has 3 rings (SSSR count). The number of anilines is 2. The molecule has 3 aromatic rings. The van der Waals surface area contributed by atoms with Crippen molar-refractivity contribution in [2.24, 2.45) is 7.05 Å². The molecule has 0 bridgehead atoms. The number of aryl methyl sites for hydroxylation is 1. The molecule has 30 heavy (non-hydrogen) atoms. The zero-order valence-electron chi connectivity index (χ0n) is 17.6. The minimum atomic E-state index is -4.15. The lowest BCUT2D eigenvalue weighted by molar-refractivity contribution is 0.256. The minimum absolute atomic E-state index is 0.160. The van der Waals surface area contributed by atoms with Crippen LogP contribution in [-0.4, -0.2) is 29.4 Å². The standard InChI is InChI=1S/C20H26N6O3S/c1-12(2)15-7-6-8-16(13(3)4)19(15)21-20(27)24-30(28,29)23-14-9-10-17-18(11-14)26(5)25-22-17/h6-13,23H,1-5H3,(H2,21,24,27). The van der Waals surface area contributed by atoms with E-state index in [0.717, 1.165) is 11.1 Å². The maximum absolute atomic E-state index is 12.5. The van der Waals surface area contributed by atoms with E-state index >= 15 is 0 Å². The van der Waals surface area contributed by atoms with Gasteiger partial charge in [-0.1, -0.05) is 51.1 Å². The van der Waals surface area contributed by atoms with Gasteiger partial charge in [0.05, 0.1) is 11.2 Å². The number of urea groups is 1. The van der Waals surface area contributed by atoms with Crippen LogP contribution >= 0.6 is 0 Å². The second kappa shape index (κ2) is 8.31. The SMILES string of the molecule is CC(C)c1cccc(C(C)C)c1NC(=O)NS(=O)(=O)Nc1ccc2nnn(C)c2c1. The van der Waals surface area contributed by atoms with E-state index in [1.807, 2.05) is 50.6 Å². The quantitative estimate of drug-likeness (QED) is 0.551. The number of carbonyl (C=O) groups is 1. The van der Waals surface area contributed by atoms with Gasteiger partial charge >= 0.3 is 16.2 Å². The highest BCUT2D eigenvalue weighted by Crippen LogP contribution is 2.32. The Morgan fingerprint density at radius 3 is 2.27 bits per heavy atom. The number of hydrogen-bond acceptors (Lipinski definition) is 5. The molecule has 0 aliphatic rings. The van der Waals surface area contributed by atoms with Gasteiger partial charge in [0.2, 0.25) is 0 Å². The van der Waals surface area contributed by atoms with Crippen LogP contribution in [0.1, 0.15) is 50.7 Å². The molecular formula is C20H26N6O3S. The highest BCUT2D eigenvalue weighted by Gasteiger charge is 2.19. The predicted octanol–water partition coefficient (Wildman–Crippen LogP) is 3.69. The number of nitrogens with one attached hydrogen (secondary N) is 3. The molecule has 2 amide bonds. The van der Waals surface area contributed by atoms with Gasteiger partial charge in [0, 0.05) is 12.7 Å². The van der Waals surface area contributed by atoms with Crippen LogP contribution in [0.15, 0.2) is 36.4 Å². The van der Waals surface area contributed by atoms with E-state index in [4.69, 9.17) is 0 Å². The van der Waals surface area contributed by atoms with Crippen molar-refractivity contribution < 1.29 is 13.2 Å². The maximum Gasteiger partial charge on any atom is 0.334 e. The van der Waals surface area contributed by atoms with E-state index < -0.39 is 16.2 Å². The van der Waals surface area contributed by atoms with Gasteiger partial charge in [-0.25, -0.2) is 14.2 Å². The summed E-state index contributed by atoms with van der Waals surface area (Å²) < 4.78 is 30.8. The van der Waals surface area contributed by atoms with E-state index in [1.165, 1.54) is 4.68 Å². The number of aromatic nitrogens is 3. The second-order valence-electron chi connectivity index (χ2n) is 7.70. The van der Waals surface area contributed by atoms with Crippen molar-refractivity contribution in [1.29, 1.82) is 0 Å². The zero-order chi connectivity index (χ0) is 22.1. The topological polar surface area (TPSA) is 118 Å². The molecule has 0 fully saturated rings. The molecule has 0 saturated carbocycles. The number of rotatable bonds is 6. The Kier molecular flexibility index (Phi) is 5.97. The van der Waals surface area contributed by atoms with Gasteiger partial charge in [0.25, 0.3) is 0 Å². The number of carbonyl (C=O) groups excluding carboxylic acids is 1. The van der Waals surface area contributed by atoms with Crippen LogP contribution in [0.2, 0.25) is 0 Å². The monoisotopic (exact) mass is 430 g/mol. The lowest BCUT2D eigenvalue weighted by Crippen LogP contribution is -2.38. The zero-order valence-corrected chi connectivity index (χ0v) is 18.4. The van der Waals surface area contributed by atoms with Crippen LogP contribution in [0.3, 0.4) is 0 Å². The summed E-state index contributed by atoms with van der Waals surface area (Å²) >= 11 is 0. The summed E-state index contributed by atoms with van der Waals surface area (Å²) in [6.07, 6.45) is 0. The van der Waals surface area contributed by atoms with Gasteiger partial charge in [-0.15, -0.1) is 5.10 Å². The smallest absolute Gasteiger partial charge is 0.307 e. The Labute approximate surface area is 176 Å². The third-order valence-electron chi connectivity index (χ3n) is 4.70. The lowest BCUT2D eigenvalue weighted by Gasteiger charge is -2.20. The normalized spacial score (nSPS) is 11.8. The number of nitrogens with zero attached hydrogens (tertiary/aromatic N) is 3. The summed E-state index contributed by atoms with van der Waals surface area (Å²) in [5.74, 6) is 0.320. The Hall–Kier alpha value is -3.14. The van der Waals surface area contributed by atoms with Crippen molar-refractivity contribution in [3.63, 3.8) is 0 Å². The highest BCUT2D eigenvalue weighted by molar-refractivity contribution is 7.91. The van der Waals surface area contributed by atoms with E-state index in [2.05, 4.69) is 20.4 Å². The van der Waals surface area contributed by atoms with Crippen molar-refractivity contribution in [2.75, 3.05) is 10.0 Å². The first-order valence-electron chi connectivity index (χ1n) is 9.61. The van der Waals surface area contributed by atoms with Crippen LogP contribution in [0, 0.1) is 0 Å². The van der Waals surface area contributed by atoms with E-state index in [0.29, 0.717) is 22.4 Å². The Morgan fingerprint density at radius 2 is 1.67 bits per heavy atom. The Bertz CT molecular complexity index is 1160. The minimum Gasteiger partial charge on any atom is -0.307 e. The van der Waals surface area contributed by atoms with E-state index in [9.17, 15) is 13.2 Å². The molecule has 0 unspecified atom stereocenters. The van der Waals surface area contributed by atoms with Crippen molar-refractivity contribution in [3.8, 4) is 0 Å². The summed E-state index contributed by atoms with van der Waals surface area (Å²) in [5.41, 5.74) is 4.10. The molecule has 10 heteroatoms. The van der Waals surface area contributed by atoms with Gasteiger partial charge in [-0.2, -0.15) is 8.42 Å². The average molecular weight is 431 g/mol. The van der Waals surface area contributed by atoms with Crippen molar-refractivity contribution in [2.45, 2.75) is 39.5 Å². The molecule has 3 N–H and O–H groups in total. The first kappa shape index (κ1) is 21.6. The number of benzene rings is 2. The third-order valence-corrected chi connectivity index (χ3v) is 5.66. The highest BCUT2D eigenvalue weighted by atomic mass is 32.2. The molecule has 0 aliphatic heterocycles. The first-order chi connectivity index (χ1) is 14.1. The van der Waals surface area contributed by atoms with Crippen LogP contribution in [0.25, 0.3) is 11.0 Å². The lowest BCUT2D eigenvalue weighted by atomic mass is 9.93. The summed E-state index contributed by atoms with van der Waals surface area (Å²) in [6, 6.07) is 9.76. The van der Waals surface area contributed by atoms with Crippen LogP contribution in [-0.2, 0) is 17.3 Å². The fraction of sp³-hybridized carbons (Fsp3) is 0.350. The first-order valence-corrected chi connectivity index (χ1v) is 11.1. The van der Waals surface area contributed by atoms with Gasteiger partial charge < -0.3 is 5.32 Å². The molecular weight excluding hydrogens is 404 g/mol. The summed E-state index contributed by atoms with van der Waals surface area (Å²) in [6.45, 7) is 8.07. The van der Waals surface area contributed by atoms with Gasteiger partial charge in [0.15, 0.2) is 0 Å². The van der Waals surface area contributed by atoms with Gasteiger partial charge in [-0.05, 0) is 41.2 Å². The number of fused-ring (bicyclic) bond motifs is 1. The van der Waals surface area contributed by atoms with Crippen LogP contribution < -0.4 is 14.8 Å². The average Bonchev–Trinajstić information content (AvgIpc) is 3.01. The molecule has 1 aromatic heterocycles. The van der Waals surface area contributed by atoms with Crippen molar-refractivity contribution >= 4 is 38.6 Å². The molecule has 2 aromatic carbocycles. The third kappa shape index (κ3) is 4.70.